The summed E-state index contributed by atoms with van der Waals surface area (Å²) in [5, 5.41) is 0. The molecule has 0 aliphatic carbocycles. The van der Waals surface area contributed by atoms with Crippen molar-refractivity contribution in [2.24, 2.45) is 11.1 Å². The third-order valence-corrected chi connectivity index (χ3v) is 3.40. The van der Waals surface area contributed by atoms with Gasteiger partial charge in [-0.05, 0) is 20.8 Å². The number of ketones is 1. The number of rotatable bonds is 6. The maximum atomic E-state index is 12.3. The number of carbonyl (C=O) groups is 3. The SMILES string of the molecule is CCOC(=O)C(C)(C)C(=O)CN1CCOCC1C(N)=O. The van der Waals surface area contributed by atoms with Gasteiger partial charge in [-0.1, -0.05) is 0 Å². The summed E-state index contributed by atoms with van der Waals surface area (Å²) < 4.78 is 10.1. The van der Waals surface area contributed by atoms with Crippen molar-refractivity contribution < 1.29 is 23.9 Å². The van der Waals surface area contributed by atoms with Crippen molar-refractivity contribution in [3.63, 3.8) is 0 Å². The summed E-state index contributed by atoms with van der Waals surface area (Å²) in [4.78, 5) is 37.0. The molecule has 114 valence electrons. The molecule has 1 aliphatic rings. The molecular weight excluding hydrogens is 264 g/mol. The van der Waals surface area contributed by atoms with Crippen LogP contribution in [0.15, 0.2) is 0 Å². The Morgan fingerprint density at radius 3 is 2.60 bits per heavy atom. The number of hydrogen-bond donors (Lipinski definition) is 1. The first kappa shape index (κ1) is 16.6. The number of amides is 1. The van der Waals surface area contributed by atoms with Crippen LogP contribution in [0.4, 0.5) is 0 Å². The molecule has 2 N–H and O–H groups in total. The molecule has 1 rings (SSSR count). The highest BCUT2D eigenvalue weighted by molar-refractivity contribution is 6.04. The van der Waals surface area contributed by atoms with E-state index in [1.54, 1.807) is 11.8 Å². The number of carbonyl (C=O) groups excluding carboxylic acids is 3. The van der Waals surface area contributed by atoms with Gasteiger partial charge in [0.2, 0.25) is 5.91 Å². The summed E-state index contributed by atoms with van der Waals surface area (Å²) in [6.45, 7) is 5.95. The standard InChI is InChI=1S/C13H22N2O5/c1-4-20-12(18)13(2,3)10(16)7-15-5-6-19-8-9(15)11(14)17/h9H,4-8H2,1-3H3,(H2,14,17). The second kappa shape index (κ2) is 6.81. The molecule has 0 aromatic heterocycles. The maximum absolute atomic E-state index is 12.3. The Labute approximate surface area is 118 Å². The molecule has 1 atom stereocenters. The Bertz CT molecular complexity index is 394. The second-order valence-corrected chi connectivity index (χ2v) is 5.23. The first-order valence-corrected chi connectivity index (χ1v) is 6.62. The highest BCUT2D eigenvalue weighted by atomic mass is 16.5. The van der Waals surface area contributed by atoms with E-state index in [9.17, 15) is 14.4 Å². The van der Waals surface area contributed by atoms with Crippen molar-refractivity contribution in [3.8, 4) is 0 Å². The fraction of sp³-hybridized carbons (Fsp3) is 0.769. The number of nitrogens with two attached hydrogens (primary N) is 1. The smallest absolute Gasteiger partial charge is 0.319 e. The van der Waals surface area contributed by atoms with E-state index in [0.717, 1.165) is 0 Å². The quantitative estimate of drug-likeness (QED) is 0.513. The number of Topliss-reactive ketones (excluding diaryl/α,β-unsaturated/α-hetero) is 1. The normalized spacial score (nSPS) is 20.4. The Balaban J connectivity index is 2.72. The number of primary amides is 1. The molecule has 0 saturated carbocycles. The van der Waals surface area contributed by atoms with Gasteiger partial charge in [-0.3, -0.25) is 19.3 Å². The molecule has 0 aromatic carbocycles. The summed E-state index contributed by atoms with van der Waals surface area (Å²) >= 11 is 0. The van der Waals surface area contributed by atoms with E-state index in [0.29, 0.717) is 13.2 Å². The van der Waals surface area contributed by atoms with Crippen LogP contribution in [0.5, 0.6) is 0 Å². The number of nitrogens with zero attached hydrogens (tertiary/aromatic N) is 1. The molecule has 1 heterocycles. The van der Waals surface area contributed by atoms with E-state index in [1.165, 1.54) is 13.8 Å². The third kappa shape index (κ3) is 3.77. The minimum absolute atomic E-state index is 0.0250. The van der Waals surface area contributed by atoms with Gasteiger partial charge in [-0.2, -0.15) is 0 Å². The predicted octanol–water partition coefficient (Wildman–Crippen LogP) is -0.669. The van der Waals surface area contributed by atoms with E-state index in [2.05, 4.69) is 0 Å². The van der Waals surface area contributed by atoms with E-state index in [-0.39, 0.29) is 25.5 Å². The van der Waals surface area contributed by atoms with Gasteiger partial charge >= 0.3 is 5.97 Å². The van der Waals surface area contributed by atoms with Gasteiger partial charge in [-0.25, -0.2) is 0 Å². The summed E-state index contributed by atoms with van der Waals surface area (Å²) in [7, 11) is 0. The number of esters is 1. The minimum Gasteiger partial charge on any atom is -0.465 e. The summed E-state index contributed by atoms with van der Waals surface area (Å²) in [6, 6.07) is -0.634. The average Bonchev–Trinajstić information content (AvgIpc) is 2.39. The van der Waals surface area contributed by atoms with Gasteiger partial charge in [0.05, 0.1) is 26.4 Å². The molecule has 20 heavy (non-hydrogen) atoms. The van der Waals surface area contributed by atoms with Gasteiger partial charge in [0.1, 0.15) is 11.5 Å². The lowest BCUT2D eigenvalue weighted by atomic mass is 9.87. The largest absolute Gasteiger partial charge is 0.465 e. The van der Waals surface area contributed by atoms with E-state index >= 15 is 0 Å². The van der Waals surface area contributed by atoms with E-state index in [4.69, 9.17) is 15.2 Å². The van der Waals surface area contributed by atoms with Crippen molar-refractivity contribution in [2.45, 2.75) is 26.8 Å². The lowest BCUT2D eigenvalue weighted by Crippen LogP contribution is -2.55. The number of morpholine rings is 1. The lowest BCUT2D eigenvalue weighted by Gasteiger charge is -2.34. The van der Waals surface area contributed by atoms with E-state index in [1.807, 2.05) is 0 Å². The van der Waals surface area contributed by atoms with E-state index < -0.39 is 23.3 Å². The molecule has 0 spiro atoms. The molecule has 1 unspecified atom stereocenters. The Morgan fingerprint density at radius 2 is 2.05 bits per heavy atom. The van der Waals surface area contributed by atoms with Crippen LogP contribution >= 0.6 is 0 Å². The third-order valence-electron chi connectivity index (χ3n) is 3.40. The highest BCUT2D eigenvalue weighted by Crippen LogP contribution is 2.20. The topological polar surface area (TPSA) is 98.9 Å². The predicted molar refractivity (Wildman–Crippen MR) is 70.8 cm³/mol. The molecule has 0 radical (unpaired) electrons. The first-order chi connectivity index (χ1) is 9.30. The summed E-state index contributed by atoms with van der Waals surface area (Å²) in [5.41, 5.74) is 4.05. The summed E-state index contributed by atoms with van der Waals surface area (Å²) in [6.07, 6.45) is 0. The van der Waals surface area contributed by atoms with Crippen LogP contribution in [0.25, 0.3) is 0 Å². The Kier molecular flexibility index (Phi) is 5.64. The van der Waals surface area contributed by atoms with Crippen LogP contribution in [0, 0.1) is 5.41 Å². The molecule has 1 fully saturated rings. The molecule has 1 amide bonds. The zero-order valence-corrected chi connectivity index (χ0v) is 12.2. The highest BCUT2D eigenvalue weighted by Gasteiger charge is 2.40. The van der Waals surface area contributed by atoms with Crippen molar-refractivity contribution in [2.75, 3.05) is 32.9 Å². The van der Waals surface area contributed by atoms with Crippen molar-refractivity contribution in [3.05, 3.63) is 0 Å². The molecule has 0 aromatic rings. The zero-order valence-electron chi connectivity index (χ0n) is 12.2. The van der Waals surface area contributed by atoms with Gasteiger partial charge in [0.15, 0.2) is 5.78 Å². The van der Waals surface area contributed by atoms with Gasteiger partial charge in [0, 0.05) is 6.54 Å². The fourth-order valence-corrected chi connectivity index (χ4v) is 1.90. The Morgan fingerprint density at radius 1 is 1.40 bits per heavy atom. The van der Waals surface area contributed by atoms with Crippen LogP contribution in [-0.4, -0.2) is 61.5 Å². The summed E-state index contributed by atoms with van der Waals surface area (Å²) in [5.74, 6) is -1.40. The van der Waals surface area contributed by atoms with Crippen LogP contribution in [0.3, 0.4) is 0 Å². The van der Waals surface area contributed by atoms with Crippen LogP contribution in [-0.2, 0) is 23.9 Å². The molecular formula is C13H22N2O5. The molecule has 7 nitrogen and oxygen atoms in total. The van der Waals surface area contributed by atoms with Gasteiger partial charge < -0.3 is 15.2 Å². The molecule has 7 heteroatoms. The van der Waals surface area contributed by atoms with Crippen molar-refractivity contribution in [1.29, 1.82) is 0 Å². The monoisotopic (exact) mass is 286 g/mol. The van der Waals surface area contributed by atoms with Crippen LogP contribution in [0.1, 0.15) is 20.8 Å². The zero-order chi connectivity index (χ0) is 15.3. The van der Waals surface area contributed by atoms with Crippen LogP contribution < -0.4 is 5.73 Å². The van der Waals surface area contributed by atoms with Crippen molar-refractivity contribution in [1.82, 2.24) is 4.90 Å². The lowest BCUT2D eigenvalue weighted by molar-refractivity contribution is -0.158. The van der Waals surface area contributed by atoms with Crippen molar-refractivity contribution >= 4 is 17.7 Å². The Hall–Kier alpha value is -1.47. The second-order valence-electron chi connectivity index (χ2n) is 5.23. The molecule has 0 bridgehead atoms. The maximum Gasteiger partial charge on any atom is 0.319 e. The number of hydrogen-bond acceptors (Lipinski definition) is 6. The number of ether oxygens (including phenoxy) is 2. The molecule has 1 saturated heterocycles. The molecule has 1 aliphatic heterocycles. The fourth-order valence-electron chi connectivity index (χ4n) is 1.90. The van der Waals surface area contributed by atoms with Crippen LogP contribution in [0.2, 0.25) is 0 Å². The first-order valence-electron chi connectivity index (χ1n) is 6.62. The average molecular weight is 286 g/mol. The minimum atomic E-state index is -1.24. The van der Waals surface area contributed by atoms with Gasteiger partial charge in [-0.15, -0.1) is 0 Å². The van der Waals surface area contributed by atoms with Gasteiger partial charge in [0.25, 0.3) is 0 Å².